The highest BCUT2D eigenvalue weighted by atomic mass is 32.1. The zero-order valence-corrected chi connectivity index (χ0v) is 14.1. The van der Waals surface area contributed by atoms with E-state index in [1.54, 1.807) is 11.3 Å². The molecule has 2 rings (SSSR count). The van der Waals surface area contributed by atoms with Gasteiger partial charge in [0.05, 0.1) is 17.2 Å². The number of hydrogen-bond acceptors (Lipinski definition) is 4. The number of ketones is 1. The SMILES string of the molecule is Cc1ccc(C(=O)C(C)N(C)Cc2scnc2C)cc1C. The highest BCUT2D eigenvalue weighted by Gasteiger charge is 2.21. The predicted octanol–water partition coefficient (Wildman–Crippen LogP) is 3.77. The van der Waals surface area contributed by atoms with E-state index in [2.05, 4.69) is 16.8 Å². The highest BCUT2D eigenvalue weighted by Crippen LogP contribution is 2.18. The van der Waals surface area contributed by atoms with Gasteiger partial charge in [0.25, 0.3) is 0 Å². The number of nitrogens with zero attached hydrogens (tertiary/aromatic N) is 2. The second-order valence-corrected chi connectivity index (χ2v) is 6.55. The average Bonchev–Trinajstić information content (AvgIpc) is 2.85. The normalized spacial score (nSPS) is 12.7. The summed E-state index contributed by atoms with van der Waals surface area (Å²) >= 11 is 1.64. The molecular formula is C17H22N2OS. The van der Waals surface area contributed by atoms with Crippen molar-refractivity contribution in [3.8, 4) is 0 Å². The van der Waals surface area contributed by atoms with Gasteiger partial charge in [-0.2, -0.15) is 0 Å². The summed E-state index contributed by atoms with van der Waals surface area (Å²) in [6.07, 6.45) is 0. The maximum Gasteiger partial charge on any atom is 0.179 e. The first-order valence-electron chi connectivity index (χ1n) is 7.11. The maximum atomic E-state index is 12.6. The van der Waals surface area contributed by atoms with Crippen LogP contribution in [0.4, 0.5) is 0 Å². The Morgan fingerprint density at radius 3 is 2.57 bits per heavy atom. The molecule has 0 aliphatic carbocycles. The lowest BCUT2D eigenvalue weighted by molar-refractivity contribution is 0.0862. The van der Waals surface area contributed by atoms with Crippen molar-refractivity contribution < 1.29 is 4.79 Å². The minimum Gasteiger partial charge on any atom is -0.292 e. The van der Waals surface area contributed by atoms with E-state index in [1.165, 1.54) is 10.4 Å². The zero-order chi connectivity index (χ0) is 15.6. The van der Waals surface area contributed by atoms with Gasteiger partial charge in [-0.05, 0) is 51.9 Å². The molecule has 1 aromatic heterocycles. The van der Waals surface area contributed by atoms with Crippen LogP contribution in [0.5, 0.6) is 0 Å². The molecule has 21 heavy (non-hydrogen) atoms. The molecule has 0 bridgehead atoms. The lowest BCUT2D eigenvalue weighted by Crippen LogP contribution is -2.35. The zero-order valence-electron chi connectivity index (χ0n) is 13.3. The standard InChI is InChI=1S/C17H22N2OS/c1-11-6-7-15(8-12(11)2)17(20)14(4)19(5)9-16-13(3)18-10-21-16/h6-8,10,14H,9H2,1-5H3. The summed E-state index contributed by atoms with van der Waals surface area (Å²) in [7, 11) is 1.99. The van der Waals surface area contributed by atoms with E-state index in [0.717, 1.165) is 23.4 Å². The lowest BCUT2D eigenvalue weighted by Gasteiger charge is -2.23. The van der Waals surface area contributed by atoms with E-state index in [4.69, 9.17) is 0 Å². The summed E-state index contributed by atoms with van der Waals surface area (Å²) in [6, 6.07) is 5.78. The Hall–Kier alpha value is -1.52. The number of benzene rings is 1. The van der Waals surface area contributed by atoms with Crippen molar-refractivity contribution in [2.75, 3.05) is 7.05 Å². The quantitative estimate of drug-likeness (QED) is 0.788. The van der Waals surface area contributed by atoms with Crippen LogP contribution in [0.2, 0.25) is 0 Å². The van der Waals surface area contributed by atoms with Crippen molar-refractivity contribution in [2.45, 2.75) is 40.3 Å². The van der Waals surface area contributed by atoms with E-state index in [0.29, 0.717) is 0 Å². The molecule has 0 amide bonds. The molecule has 0 radical (unpaired) electrons. The topological polar surface area (TPSA) is 33.2 Å². The van der Waals surface area contributed by atoms with Crippen LogP contribution in [0, 0.1) is 20.8 Å². The summed E-state index contributed by atoms with van der Waals surface area (Å²) in [5.41, 5.74) is 6.08. The second kappa shape index (κ2) is 6.50. The van der Waals surface area contributed by atoms with Crippen LogP contribution in [0.1, 0.15) is 39.0 Å². The van der Waals surface area contributed by atoms with Gasteiger partial charge in [-0.3, -0.25) is 9.69 Å². The molecule has 0 aliphatic rings. The molecule has 1 heterocycles. The summed E-state index contributed by atoms with van der Waals surface area (Å²) in [6.45, 7) is 8.84. The number of likely N-dealkylation sites (N-methyl/N-ethyl adjacent to an activating group) is 1. The fraction of sp³-hybridized carbons (Fsp3) is 0.412. The summed E-state index contributed by atoms with van der Waals surface area (Å²) in [5, 5.41) is 0. The smallest absolute Gasteiger partial charge is 0.179 e. The summed E-state index contributed by atoms with van der Waals surface area (Å²) in [5.74, 6) is 0.169. The number of hydrogen-bond donors (Lipinski definition) is 0. The van der Waals surface area contributed by atoms with Gasteiger partial charge in [0.15, 0.2) is 5.78 Å². The van der Waals surface area contributed by atoms with Gasteiger partial charge in [-0.1, -0.05) is 12.1 Å². The third-order valence-corrected chi connectivity index (χ3v) is 4.99. The highest BCUT2D eigenvalue weighted by molar-refractivity contribution is 7.09. The Morgan fingerprint density at radius 1 is 1.29 bits per heavy atom. The maximum absolute atomic E-state index is 12.6. The number of Topliss-reactive ketones (excluding diaryl/α,β-unsaturated/α-hetero) is 1. The van der Waals surface area contributed by atoms with Crippen molar-refractivity contribution in [1.29, 1.82) is 0 Å². The molecule has 4 heteroatoms. The van der Waals surface area contributed by atoms with Crippen LogP contribution in [-0.4, -0.2) is 28.8 Å². The molecule has 1 unspecified atom stereocenters. The van der Waals surface area contributed by atoms with Crippen molar-refractivity contribution in [2.24, 2.45) is 0 Å². The van der Waals surface area contributed by atoms with Crippen molar-refractivity contribution in [3.05, 3.63) is 51.0 Å². The van der Waals surface area contributed by atoms with Gasteiger partial charge in [0.1, 0.15) is 0 Å². The number of thiazole rings is 1. The number of aromatic nitrogens is 1. The van der Waals surface area contributed by atoms with Crippen LogP contribution in [0.3, 0.4) is 0 Å². The molecule has 0 aliphatic heterocycles. The third-order valence-electron chi connectivity index (χ3n) is 4.07. The molecule has 2 aromatic rings. The summed E-state index contributed by atoms with van der Waals surface area (Å²) < 4.78 is 0. The van der Waals surface area contributed by atoms with Crippen LogP contribution in [0.15, 0.2) is 23.7 Å². The van der Waals surface area contributed by atoms with Crippen molar-refractivity contribution in [1.82, 2.24) is 9.88 Å². The first kappa shape index (κ1) is 15.9. The monoisotopic (exact) mass is 302 g/mol. The Balaban J connectivity index is 2.11. The minimum atomic E-state index is -0.145. The minimum absolute atomic E-state index is 0.145. The van der Waals surface area contributed by atoms with Crippen LogP contribution < -0.4 is 0 Å². The van der Waals surface area contributed by atoms with Crippen molar-refractivity contribution in [3.63, 3.8) is 0 Å². The number of aryl methyl sites for hydroxylation is 3. The predicted molar refractivity (Wildman–Crippen MR) is 88.0 cm³/mol. The Labute approximate surface area is 130 Å². The first-order chi connectivity index (χ1) is 9.90. The fourth-order valence-electron chi connectivity index (χ4n) is 2.18. The van der Waals surface area contributed by atoms with Crippen LogP contribution in [0.25, 0.3) is 0 Å². The van der Waals surface area contributed by atoms with E-state index in [-0.39, 0.29) is 11.8 Å². The van der Waals surface area contributed by atoms with Crippen LogP contribution in [-0.2, 0) is 6.54 Å². The van der Waals surface area contributed by atoms with Gasteiger partial charge < -0.3 is 0 Å². The van der Waals surface area contributed by atoms with Gasteiger partial charge in [-0.25, -0.2) is 4.98 Å². The van der Waals surface area contributed by atoms with Crippen LogP contribution >= 0.6 is 11.3 Å². The van der Waals surface area contributed by atoms with E-state index in [9.17, 15) is 4.79 Å². The molecular weight excluding hydrogens is 280 g/mol. The van der Waals surface area contributed by atoms with Gasteiger partial charge in [-0.15, -0.1) is 11.3 Å². The van der Waals surface area contributed by atoms with Gasteiger partial charge in [0, 0.05) is 17.0 Å². The third kappa shape index (κ3) is 3.57. The molecule has 0 fully saturated rings. The van der Waals surface area contributed by atoms with E-state index in [1.807, 2.05) is 51.5 Å². The largest absolute Gasteiger partial charge is 0.292 e. The Kier molecular flexibility index (Phi) is 4.91. The fourth-order valence-corrected chi connectivity index (χ4v) is 3.02. The Morgan fingerprint density at radius 2 is 2.00 bits per heavy atom. The lowest BCUT2D eigenvalue weighted by atomic mass is 10.00. The Bertz CT molecular complexity index is 648. The molecule has 1 atom stereocenters. The van der Waals surface area contributed by atoms with Crippen molar-refractivity contribution >= 4 is 17.1 Å². The number of rotatable bonds is 5. The first-order valence-corrected chi connectivity index (χ1v) is 7.98. The molecule has 112 valence electrons. The number of carbonyl (C=O) groups is 1. The number of carbonyl (C=O) groups excluding carboxylic acids is 1. The molecule has 0 saturated carbocycles. The molecule has 3 nitrogen and oxygen atoms in total. The van der Waals surface area contributed by atoms with Gasteiger partial charge >= 0.3 is 0 Å². The van der Waals surface area contributed by atoms with E-state index < -0.39 is 0 Å². The molecule has 0 saturated heterocycles. The van der Waals surface area contributed by atoms with Gasteiger partial charge in [0.2, 0.25) is 0 Å². The second-order valence-electron chi connectivity index (χ2n) is 5.62. The van der Waals surface area contributed by atoms with E-state index >= 15 is 0 Å². The summed E-state index contributed by atoms with van der Waals surface area (Å²) in [4.78, 5) is 20.2. The molecule has 0 spiro atoms. The molecule has 1 aromatic carbocycles. The average molecular weight is 302 g/mol. The molecule has 0 N–H and O–H groups in total.